The first-order chi connectivity index (χ1) is 13.3. The second-order valence-corrected chi connectivity index (χ2v) is 8.59. The van der Waals surface area contributed by atoms with Gasteiger partial charge in [-0.15, -0.1) is 0 Å². The maximum absolute atomic E-state index is 12.4. The Kier molecular flexibility index (Phi) is 5.87. The van der Waals surface area contributed by atoms with Crippen LogP contribution in [0.3, 0.4) is 0 Å². The molecule has 28 heavy (non-hydrogen) atoms. The van der Waals surface area contributed by atoms with Gasteiger partial charge in [-0.1, -0.05) is 6.07 Å². The number of benzene rings is 2. The molecular formula is C19H24N3O5S+. The summed E-state index contributed by atoms with van der Waals surface area (Å²) in [5.41, 5.74) is 2.09. The largest absolute Gasteiger partial charge is 0.454 e. The molecule has 8 nitrogen and oxygen atoms in total. The Bertz CT molecular complexity index is 991. The van der Waals surface area contributed by atoms with Crippen LogP contribution in [0.5, 0.6) is 11.5 Å². The summed E-state index contributed by atoms with van der Waals surface area (Å²) in [6.07, 6.45) is 0. The van der Waals surface area contributed by atoms with E-state index in [4.69, 9.17) is 9.47 Å². The molecule has 0 bridgehead atoms. The number of anilines is 1. The molecule has 0 radical (unpaired) electrons. The zero-order valence-electron chi connectivity index (χ0n) is 16.0. The molecule has 2 aromatic carbocycles. The third kappa shape index (κ3) is 4.61. The van der Waals surface area contributed by atoms with Crippen LogP contribution in [0.4, 0.5) is 5.69 Å². The lowest BCUT2D eigenvalue weighted by Gasteiger charge is -2.15. The average Bonchev–Trinajstić information content (AvgIpc) is 3.10. The molecule has 0 aliphatic carbocycles. The van der Waals surface area contributed by atoms with Gasteiger partial charge in [0.1, 0.15) is 6.54 Å². The van der Waals surface area contributed by atoms with Gasteiger partial charge in [-0.2, -0.15) is 0 Å². The third-order valence-electron chi connectivity index (χ3n) is 4.44. The van der Waals surface area contributed by atoms with Crippen LogP contribution in [0.25, 0.3) is 0 Å². The average molecular weight is 406 g/mol. The molecule has 1 unspecified atom stereocenters. The van der Waals surface area contributed by atoms with Gasteiger partial charge in [-0.05, 0) is 49.9 Å². The molecule has 0 saturated carbocycles. The zero-order chi connectivity index (χ0) is 20.3. The van der Waals surface area contributed by atoms with Crippen LogP contribution in [0.2, 0.25) is 0 Å². The van der Waals surface area contributed by atoms with Gasteiger partial charge < -0.3 is 19.7 Å². The highest BCUT2D eigenvalue weighted by molar-refractivity contribution is 7.89. The predicted octanol–water partition coefficient (Wildman–Crippen LogP) is 0.285. The van der Waals surface area contributed by atoms with Crippen LogP contribution in [-0.2, 0) is 21.4 Å². The van der Waals surface area contributed by atoms with E-state index < -0.39 is 10.0 Å². The van der Waals surface area contributed by atoms with Crippen LogP contribution < -0.4 is 24.4 Å². The summed E-state index contributed by atoms with van der Waals surface area (Å²) in [7, 11) is -0.316. The van der Waals surface area contributed by atoms with E-state index >= 15 is 0 Å². The number of amides is 1. The first-order valence-electron chi connectivity index (χ1n) is 8.82. The number of carbonyl (C=O) groups excluding carboxylic acids is 1. The van der Waals surface area contributed by atoms with E-state index in [2.05, 4.69) is 10.0 Å². The van der Waals surface area contributed by atoms with Crippen molar-refractivity contribution in [3.8, 4) is 11.5 Å². The molecule has 1 amide bonds. The molecular weight excluding hydrogens is 382 g/mol. The van der Waals surface area contributed by atoms with Crippen molar-refractivity contribution in [3.63, 3.8) is 0 Å². The van der Waals surface area contributed by atoms with Gasteiger partial charge in [-0.3, -0.25) is 4.79 Å². The van der Waals surface area contributed by atoms with Crippen LogP contribution in [0.15, 0.2) is 41.3 Å². The van der Waals surface area contributed by atoms with Crippen molar-refractivity contribution >= 4 is 21.6 Å². The molecule has 0 aromatic heterocycles. The van der Waals surface area contributed by atoms with Gasteiger partial charge in [-0.25, -0.2) is 13.1 Å². The smallest absolute Gasteiger partial charge is 0.279 e. The van der Waals surface area contributed by atoms with Gasteiger partial charge in [0.05, 0.1) is 11.9 Å². The SMILES string of the molecule is CNS(=O)(=O)c1cc(NC(=O)C[NH+](C)Cc2ccc3c(c2)OCO3)ccc1C. The second-order valence-electron chi connectivity index (χ2n) is 6.73. The van der Waals surface area contributed by atoms with Crippen molar-refractivity contribution in [1.29, 1.82) is 0 Å². The first kappa shape index (κ1) is 20.1. The number of hydrogen-bond acceptors (Lipinski definition) is 5. The lowest BCUT2D eigenvalue weighted by molar-refractivity contribution is -0.885. The van der Waals surface area contributed by atoms with Gasteiger partial charge in [0.25, 0.3) is 5.91 Å². The zero-order valence-corrected chi connectivity index (χ0v) is 16.9. The molecule has 0 spiro atoms. The molecule has 1 aliphatic rings. The number of ether oxygens (including phenoxy) is 2. The molecule has 9 heteroatoms. The first-order valence-corrected chi connectivity index (χ1v) is 10.3. The Morgan fingerprint density at radius 1 is 1.14 bits per heavy atom. The van der Waals surface area contributed by atoms with Gasteiger partial charge in [0.15, 0.2) is 18.0 Å². The minimum Gasteiger partial charge on any atom is -0.454 e. The highest BCUT2D eigenvalue weighted by Crippen LogP contribution is 2.32. The molecule has 3 N–H and O–H groups in total. The van der Waals surface area contributed by atoms with Crippen molar-refractivity contribution in [2.75, 3.05) is 32.7 Å². The van der Waals surface area contributed by atoms with Gasteiger partial charge >= 0.3 is 0 Å². The number of nitrogens with one attached hydrogen (secondary N) is 3. The lowest BCUT2D eigenvalue weighted by Crippen LogP contribution is -3.08. The lowest BCUT2D eigenvalue weighted by atomic mass is 10.2. The van der Waals surface area contributed by atoms with E-state index in [1.165, 1.54) is 13.1 Å². The monoisotopic (exact) mass is 406 g/mol. The number of hydrogen-bond donors (Lipinski definition) is 3. The van der Waals surface area contributed by atoms with Crippen molar-refractivity contribution in [2.45, 2.75) is 18.4 Å². The fourth-order valence-electron chi connectivity index (χ4n) is 3.02. The minimum atomic E-state index is -3.58. The fourth-order valence-corrected chi connectivity index (χ4v) is 4.01. The summed E-state index contributed by atoms with van der Waals surface area (Å²) in [5, 5.41) is 2.77. The predicted molar refractivity (Wildman–Crippen MR) is 104 cm³/mol. The summed E-state index contributed by atoms with van der Waals surface area (Å²) in [6, 6.07) is 10.5. The summed E-state index contributed by atoms with van der Waals surface area (Å²) >= 11 is 0. The molecule has 1 heterocycles. The Hall–Kier alpha value is -2.62. The number of carbonyl (C=O) groups is 1. The molecule has 1 atom stereocenters. The second kappa shape index (κ2) is 8.17. The molecule has 0 saturated heterocycles. The van der Waals surface area contributed by atoms with Crippen molar-refractivity contribution < 1.29 is 27.6 Å². The fraction of sp³-hybridized carbons (Fsp3) is 0.316. The molecule has 0 fully saturated rings. The topological polar surface area (TPSA) is 98.2 Å². The van der Waals surface area contributed by atoms with Gasteiger partial charge in [0.2, 0.25) is 16.8 Å². The Morgan fingerprint density at radius 3 is 2.64 bits per heavy atom. The normalized spacial score (nSPS) is 14.0. The Labute approximate surface area is 164 Å². The Morgan fingerprint density at radius 2 is 1.89 bits per heavy atom. The van der Waals surface area contributed by atoms with Crippen molar-refractivity contribution in [1.82, 2.24) is 4.72 Å². The van der Waals surface area contributed by atoms with Crippen molar-refractivity contribution in [2.24, 2.45) is 0 Å². The molecule has 3 rings (SSSR count). The minimum absolute atomic E-state index is 0.147. The highest BCUT2D eigenvalue weighted by Gasteiger charge is 2.18. The summed E-state index contributed by atoms with van der Waals surface area (Å²) in [6.45, 7) is 2.80. The highest BCUT2D eigenvalue weighted by atomic mass is 32.2. The van der Waals surface area contributed by atoms with Gasteiger partial charge in [0, 0.05) is 11.3 Å². The number of sulfonamides is 1. The number of fused-ring (bicyclic) bond motifs is 1. The van der Waals surface area contributed by atoms with E-state index in [-0.39, 0.29) is 24.1 Å². The third-order valence-corrected chi connectivity index (χ3v) is 5.99. The van der Waals surface area contributed by atoms with Crippen molar-refractivity contribution in [3.05, 3.63) is 47.5 Å². The number of quaternary nitrogens is 1. The van der Waals surface area contributed by atoms with Crippen LogP contribution >= 0.6 is 0 Å². The molecule has 1 aliphatic heterocycles. The molecule has 150 valence electrons. The van der Waals surface area contributed by atoms with Crippen LogP contribution in [0, 0.1) is 6.92 Å². The standard InChI is InChI=1S/C19H23N3O5S/c1-13-4-6-15(9-18(13)28(24,25)20-2)21-19(23)11-22(3)10-14-5-7-16-17(8-14)27-12-26-16/h4-9,20H,10-12H2,1-3H3,(H,21,23)/p+1. The maximum Gasteiger partial charge on any atom is 0.279 e. The summed E-state index contributed by atoms with van der Waals surface area (Å²) in [4.78, 5) is 13.5. The van der Waals surface area contributed by atoms with E-state index in [1.54, 1.807) is 19.1 Å². The van der Waals surface area contributed by atoms with E-state index in [9.17, 15) is 13.2 Å². The molecule has 2 aromatic rings. The van der Waals surface area contributed by atoms with Crippen LogP contribution in [-0.4, -0.2) is 41.8 Å². The van der Waals surface area contributed by atoms with E-state index in [0.717, 1.165) is 16.2 Å². The number of likely N-dealkylation sites (N-methyl/N-ethyl adjacent to an activating group) is 1. The van der Waals surface area contributed by atoms with E-state index in [1.807, 2.05) is 25.2 Å². The Balaban J connectivity index is 1.61. The number of aryl methyl sites for hydroxylation is 1. The van der Waals surface area contributed by atoms with E-state index in [0.29, 0.717) is 23.5 Å². The number of rotatable bonds is 7. The van der Waals surface area contributed by atoms with Crippen LogP contribution in [0.1, 0.15) is 11.1 Å². The summed E-state index contributed by atoms with van der Waals surface area (Å²) in [5.74, 6) is 1.24. The summed E-state index contributed by atoms with van der Waals surface area (Å²) < 4.78 is 37.1. The quantitative estimate of drug-likeness (QED) is 0.614. The maximum atomic E-state index is 12.4.